The quantitative estimate of drug-likeness (QED) is 0.870. The summed E-state index contributed by atoms with van der Waals surface area (Å²) in [5.74, 6) is 0. The maximum absolute atomic E-state index is 13.0. The topological polar surface area (TPSA) is 86.9 Å². The summed E-state index contributed by atoms with van der Waals surface area (Å²) in [4.78, 5) is 0. The number of anilines is 3. The van der Waals surface area contributed by atoms with Crippen LogP contribution in [0.4, 0.5) is 17.1 Å². The first kappa shape index (κ1) is 15.8. The normalized spacial score (nSPS) is 17.1. The molecule has 1 unspecified atom stereocenters. The zero-order chi connectivity index (χ0) is 16.4. The van der Waals surface area contributed by atoms with Crippen molar-refractivity contribution in [3.8, 4) is 0 Å². The molecule has 0 aromatic heterocycles. The number of aliphatic hydroxyl groups excluding tert-OH is 1. The van der Waals surface area contributed by atoms with Gasteiger partial charge in [-0.2, -0.15) is 8.42 Å². The van der Waals surface area contributed by atoms with Gasteiger partial charge in [0.2, 0.25) is 0 Å². The first-order valence-electron chi connectivity index (χ1n) is 7.41. The van der Waals surface area contributed by atoms with Gasteiger partial charge in [-0.05, 0) is 30.7 Å². The van der Waals surface area contributed by atoms with Crippen molar-refractivity contribution >= 4 is 27.3 Å². The number of hydrogen-bond donors (Lipinski definition) is 2. The molecule has 0 radical (unpaired) electrons. The molecular formula is C16H19N3O3S. The van der Waals surface area contributed by atoms with Crippen LogP contribution in [0.15, 0.2) is 54.6 Å². The van der Waals surface area contributed by atoms with Gasteiger partial charge in [0, 0.05) is 13.1 Å². The van der Waals surface area contributed by atoms with E-state index in [1.165, 1.54) is 8.61 Å². The number of para-hydroxylation sites is 3. The Morgan fingerprint density at radius 1 is 1.00 bits per heavy atom. The molecule has 3 N–H and O–H groups in total. The molecule has 0 amide bonds. The molecule has 0 spiro atoms. The van der Waals surface area contributed by atoms with Gasteiger partial charge in [0.15, 0.2) is 0 Å². The molecule has 0 bridgehead atoms. The molecule has 0 saturated carbocycles. The van der Waals surface area contributed by atoms with Crippen molar-refractivity contribution in [2.45, 2.75) is 12.5 Å². The van der Waals surface area contributed by atoms with E-state index in [-0.39, 0.29) is 19.5 Å². The summed E-state index contributed by atoms with van der Waals surface area (Å²) < 4.78 is 28.6. The van der Waals surface area contributed by atoms with Gasteiger partial charge < -0.3 is 10.8 Å². The fourth-order valence-electron chi connectivity index (χ4n) is 2.65. The molecule has 1 aliphatic heterocycles. The maximum atomic E-state index is 13.0. The Kier molecular flexibility index (Phi) is 4.25. The molecule has 3 rings (SSSR count). The Labute approximate surface area is 135 Å². The van der Waals surface area contributed by atoms with Gasteiger partial charge in [-0.3, -0.25) is 4.31 Å². The summed E-state index contributed by atoms with van der Waals surface area (Å²) in [7, 11) is -3.73. The van der Waals surface area contributed by atoms with Gasteiger partial charge in [0.25, 0.3) is 0 Å². The predicted octanol–water partition coefficient (Wildman–Crippen LogP) is 1.60. The van der Waals surface area contributed by atoms with Crippen molar-refractivity contribution in [1.29, 1.82) is 0 Å². The van der Waals surface area contributed by atoms with Crippen molar-refractivity contribution in [2.24, 2.45) is 5.73 Å². The number of rotatable bonds is 5. The summed E-state index contributed by atoms with van der Waals surface area (Å²) in [6.45, 7) is 0.291. The molecule has 6 nitrogen and oxygen atoms in total. The first-order chi connectivity index (χ1) is 11.1. The highest BCUT2D eigenvalue weighted by atomic mass is 32.2. The lowest BCUT2D eigenvalue weighted by atomic mass is 10.2. The summed E-state index contributed by atoms with van der Waals surface area (Å²) in [5.41, 5.74) is 7.22. The lowest BCUT2D eigenvalue weighted by Gasteiger charge is -2.22. The molecule has 1 heterocycles. The number of benzene rings is 2. The third-order valence-electron chi connectivity index (χ3n) is 3.81. The highest BCUT2D eigenvalue weighted by Gasteiger charge is 2.40. The minimum absolute atomic E-state index is 0.109. The van der Waals surface area contributed by atoms with Gasteiger partial charge in [-0.25, -0.2) is 4.31 Å². The fourth-order valence-corrected chi connectivity index (χ4v) is 4.38. The van der Waals surface area contributed by atoms with E-state index in [0.717, 1.165) is 0 Å². The highest BCUT2D eigenvalue weighted by molar-refractivity contribution is 7.95. The lowest BCUT2D eigenvalue weighted by Crippen LogP contribution is -2.37. The molecule has 122 valence electrons. The molecule has 1 atom stereocenters. The average Bonchev–Trinajstić information content (AvgIpc) is 2.79. The van der Waals surface area contributed by atoms with E-state index in [9.17, 15) is 13.5 Å². The van der Waals surface area contributed by atoms with Crippen LogP contribution >= 0.6 is 0 Å². The van der Waals surface area contributed by atoms with Crippen LogP contribution in [0, 0.1) is 0 Å². The van der Waals surface area contributed by atoms with Crippen molar-refractivity contribution < 1.29 is 13.5 Å². The van der Waals surface area contributed by atoms with E-state index >= 15 is 0 Å². The second kappa shape index (κ2) is 6.19. The Bertz CT molecular complexity index is 780. The van der Waals surface area contributed by atoms with Crippen LogP contribution in [-0.4, -0.2) is 32.7 Å². The molecule has 2 aromatic carbocycles. The summed E-state index contributed by atoms with van der Waals surface area (Å²) in [6.07, 6.45) is -0.435. The smallest absolute Gasteiger partial charge is 0.330 e. The zero-order valence-electron chi connectivity index (χ0n) is 12.5. The predicted molar refractivity (Wildman–Crippen MR) is 91.0 cm³/mol. The Balaban J connectivity index is 2.03. The van der Waals surface area contributed by atoms with E-state index in [1.807, 2.05) is 12.1 Å². The first-order valence-corrected chi connectivity index (χ1v) is 8.80. The molecule has 0 saturated heterocycles. The van der Waals surface area contributed by atoms with Gasteiger partial charge in [-0.1, -0.05) is 30.3 Å². The maximum Gasteiger partial charge on any atom is 0.330 e. The number of fused-ring (bicyclic) bond motifs is 1. The zero-order valence-corrected chi connectivity index (χ0v) is 13.4. The Morgan fingerprint density at radius 3 is 2.26 bits per heavy atom. The van der Waals surface area contributed by atoms with E-state index in [1.54, 1.807) is 42.5 Å². The minimum Gasteiger partial charge on any atom is -0.392 e. The summed E-state index contributed by atoms with van der Waals surface area (Å²) >= 11 is 0. The van der Waals surface area contributed by atoms with Crippen LogP contribution in [0.2, 0.25) is 0 Å². The Hall–Kier alpha value is -2.09. The van der Waals surface area contributed by atoms with E-state index < -0.39 is 16.3 Å². The number of hydrogen-bond acceptors (Lipinski definition) is 4. The van der Waals surface area contributed by atoms with Crippen LogP contribution in [-0.2, 0) is 10.2 Å². The summed E-state index contributed by atoms with van der Waals surface area (Å²) in [6, 6.07) is 16.1. The van der Waals surface area contributed by atoms with Crippen LogP contribution in [0.5, 0.6) is 0 Å². The van der Waals surface area contributed by atoms with Gasteiger partial charge in [0.1, 0.15) is 0 Å². The number of nitrogens with zero attached hydrogens (tertiary/aromatic N) is 2. The van der Waals surface area contributed by atoms with Crippen molar-refractivity contribution in [3.05, 3.63) is 54.6 Å². The molecule has 2 aromatic rings. The second-order valence-corrected chi connectivity index (χ2v) is 7.05. The highest BCUT2D eigenvalue weighted by Crippen LogP contribution is 2.44. The second-order valence-electron chi connectivity index (χ2n) is 5.35. The van der Waals surface area contributed by atoms with Crippen LogP contribution in [0.25, 0.3) is 0 Å². The van der Waals surface area contributed by atoms with Gasteiger partial charge >= 0.3 is 10.2 Å². The largest absolute Gasteiger partial charge is 0.392 e. The standard InChI is InChI=1S/C16H19N3O3S/c17-12-14(20)10-11-18-15-8-4-5-9-16(15)19(23(18,21)22)13-6-2-1-3-7-13/h1-9,14,20H,10-12,17H2. The van der Waals surface area contributed by atoms with Crippen molar-refractivity contribution in [1.82, 2.24) is 0 Å². The molecule has 0 fully saturated rings. The van der Waals surface area contributed by atoms with E-state index in [4.69, 9.17) is 5.73 Å². The number of aliphatic hydroxyl groups is 1. The third-order valence-corrected chi connectivity index (χ3v) is 5.61. The fraction of sp³-hybridized carbons (Fsp3) is 0.250. The lowest BCUT2D eigenvalue weighted by molar-refractivity contribution is 0.176. The SMILES string of the molecule is NCC(O)CCN1c2ccccc2N(c2ccccc2)S1(=O)=O. The van der Waals surface area contributed by atoms with Crippen LogP contribution in [0.1, 0.15) is 6.42 Å². The van der Waals surface area contributed by atoms with E-state index in [2.05, 4.69) is 0 Å². The molecular weight excluding hydrogens is 314 g/mol. The van der Waals surface area contributed by atoms with Crippen molar-refractivity contribution in [2.75, 3.05) is 21.7 Å². The van der Waals surface area contributed by atoms with E-state index in [0.29, 0.717) is 17.1 Å². The molecule has 7 heteroatoms. The average molecular weight is 333 g/mol. The van der Waals surface area contributed by atoms with Crippen LogP contribution < -0.4 is 14.3 Å². The Morgan fingerprint density at radius 2 is 1.61 bits per heavy atom. The summed E-state index contributed by atoms with van der Waals surface area (Å²) in [5, 5.41) is 9.66. The molecule has 23 heavy (non-hydrogen) atoms. The monoisotopic (exact) mass is 333 g/mol. The van der Waals surface area contributed by atoms with Gasteiger partial charge in [0.05, 0.1) is 23.2 Å². The molecule has 0 aliphatic carbocycles. The van der Waals surface area contributed by atoms with Crippen molar-refractivity contribution in [3.63, 3.8) is 0 Å². The van der Waals surface area contributed by atoms with Crippen LogP contribution in [0.3, 0.4) is 0 Å². The molecule has 1 aliphatic rings. The minimum atomic E-state index is -3.73. The third kappa shape index (κ3) is 2.78. The van der Waals surface area contributed by atoms with Gasteiger partial charge in [-0.15, -0.1) is 0 Å². The number of nitrogens with two attached hydrogens (primary N) is 1.